The van der Waals surface area contributed by atoms with Gasteiger partial charge in [0.15, 0.2) is 0 Å². The maximum absolute atomic E-state index is 2.68. The van der Waals surface area contributed by atoms with Crippen molar-refractivity contribution in [1.82, 2.24) is 9.47 Å². The molecule has 1 aromatic heterocycles. The summed E-state index contributed by atoms with van der Waals surface area (Å²) in [5.41, 5.74) is 8.51. The molecule has 0 unspecified atom stereocenters. The third kappa shape index (κ3) is 3.59. The molecule has 4 rings (SSSR count). The molecule has 0 fully saturated rings. The van der Waals surface area contributed by atoms with E-state index in [1.807, 2.05) is 0 Å². The van der Waals surface area contributed by atoms with Crippen molar-refractivity contribution >= 4 is 0 Å². The minimum absolute atomic E-state index is 0.312. The van der Waals surface area contributed by atoms with Gasteiger partial charge < -0.3 is 4.57 Å². The van der Waals surface area contributed by atoms with E-state index in [1.54, 1.807) is 0 Å². The molecule has 27 heavy (non-hydrogen) atoms. The molecule has 2 heterocycles. The molecule has 0 saturated heterocycles. The van der Waals surface area contributed by atoms with Crippen molar-refractivity contribution in [3.05, 3.63) is 94.3 Å². The minimum atomic E-state index is 0.312. The van der Waals surface area contributed by atoms with E-state index in [9.17, 15) is 0 Å². The summed E-state index contributed by atoms with van der Waals surface area (Å²) in [5.74, 6) is 0. The molecule has 2 heteroatoms. The fraction of sp³-hybridized carbons (Fsp3) is 0.360. The van der Waals surface area contributed by atoms with Crippen LogP contribution in [0.5, 0.6) is 0 Å². The lowest BCUT2D eigenvalue weighted by Crippen LogP contribution is -2.30. The van der Waals surface area contributed by atoms with Crippen LogP contribution < -0.4 is 0 Å². The number of aromatic nitrogens is 1. The minimum Gasteiger partial charge on any atom is -0.350 e. The van der Waals surface area contributed by atoms with Crippen LogP contribution in [0.1, 0.15) is 52.9 Å². The fourth-order valence-electron chi connectivity index (χ4n) is 4.40. The first-order valence-corrected chi connectivity index (χ1v) is 10.2. The number of rotatable bonds is 4. The molecule has 0 N–H and O–H groups in total. The molecular weight excluding hydrogens is 328 g/mol. The number of aryl methyl sites for hydroxylation is 4. The van der Waals surface area contributed by atoms with Crippen LogP contribution in [-0.4, -0.2) is 16.0 Å². The van der Waals surface area contributed by atoms with Crippen LogP contribution in [0.2, 0.25) is 0 Å². The van der Waals surface area contributed by atoms with Gasteiger partial charge in [0.2, 0.25) is 0 Å². The highest BCUT2D eigenvalue weighted by molar-refractivity contribution is 5.37. The van der Waals surface area contributed by atoms with Gasteiger partial charge in [-0.25, -0.2) is 0 Å². The molecule has 0 radical (unpaired) electrons. The Hall–Kier alpha value is -2.32. The Morgan fingerprint density at radius 2 is 1.70 bits per heavy atom. The SMILES string of the molecule is CCc1ccccc1CN1CCCn2cccc2[C@H]1c1ccc(C)c(C)c1. The van der Waals surface area contributed by atoms with E-state index in [4.69, 9.17) is 0 Å². The Morgan fingerprint density at radius 1 is 0.889 bits per heavy atom. The first-order chi connectivity index (χ1) is 13.2. The Kier molecular flexibility index (Phi) is 5.18. The largest absolute Gasteiger partial charge is 0.350 e. The Labute approximate surface area is 163 Å². The number of nitrogens with zero attached hydrogens (tertiary/aromatic N) is 2. The van der Waals surface area contributed by atoms with Crippen molar-refractivity contribution in [1.29, 1.82) is 0 Å². The highest BCUT2D eigenvalue weighted by Crippen LogP contribution is 2.34. The van der Waals surface area contributed by atoms with Gasteiger partial charge in [0.25, 0.3) is 0 Å². The Bertz CT molecular complexity index is 922. The Balaban J connectivity index is 1.77. The van der Waals surface area contributed by atoms with E-state index in [-0.39, 0.29) is 0 Å². The highest BCUT2D eigenvalue weighted by atomic mass is 15.2. The number of hydrogen-bond donors (Lipinski definition) is 0. The van der Waals surface area contributed by atoms with Crippen LogP contribution in [0.15, 0.2) is 60.8 Å². The van der Waals surface area contributed by atoms with Gasteiger partial charge in [0.05, 0.1) is 6.04 Å². The summed E-state index contributed by atoms with van der Waals surface area (Å²) < 4.78 is 2.45. The van der Waals surface area contributed by atoms with E-state index in [0.717, 1.165) is 26.1 Å². The third-order valence-corrected chi connectivity index (χ3v) is 6.07. The van der Waals surface area contributed by atoms with Crippen molar-refractivity contribution in [2.75, 3.05) is 6.54 Å². The average molecular weight is 359 g/mol. The van der Waals surface area contributed by atoms with Crippen molar-refractivity contribution < 1.29 is 0 Å². The van der Waals surface area contributed by atoms with Crippen molar-refractivity contribution in [2.24, 2.45) is 0 Å². The summed E-state index contributed by atoms with van der Waals surface area (Å²) in [7, 11) is 0. The molecule has 0 aliphatic carbocycles. The van der Waals surface area contributed by atoms with Crippen LogP contribution in [0.4, 0.5) is 0 Å². The van der Waals surface area contributed by atoms with E-state index in [1.165, 1.54) is 39.9 Å². The molecule has 1 aliphatic rings. The summed E-state index contributed by atoms with van der Waals surface area (Å²) in [6.07, 6.45) is 4.53. The normalized spacial score (nSPS) is 17.5. The quantitative estimate of drug-likeness (QED) is 0.584. The topological polar surface area (TPSA) is 8.17 Å². The van der Waals surface area contributed by atoms with Crippen LogP contribution >= 0.6 is 0 Å². The van der Waals surface area contributed by atoms with Gasteiger partial charge >= 0.3 is 0 Å². The van der Waals surface area contributed by atoms with Crippen molar-refractivity contribution in [2.45, 2.75) is 52.7 Å². The van der Waals surface area contributed by atoms with Crippen LogP contribution in [0.3, 0.4) is 0 Å². The second kappa shape index (κ2) is 7.74. The molecule has 2 nitrogen and oxygen atoms in total. The summed E-state index contributed by atoms with van der Waals surface area (Å²) in [5, 5.41) is 0. The maximum atomic E-state index is 2.68. The molecule has 0 spiro atoms. The fourth-order valence-corrected chi connectivity index (χ4v) is 4.40. The van der Waals surface area contributed by atoms with Crippen LogP contribution in [0, 0.1) is 13.8 Å². The van der Waals surface area contributed by atoms with Gasteiger partial charge in [-0.3, -0.25) is 4.90 Å². The first kappa shape index (κ1) is 18.1. The molecule has 3 aromatic rings. The third-order valence-electron chi connectivity index (χ3n) is 6.07. The van der Waals surface area contributed by atoms with E-state index in [0.29, 0.717) is 6.04 Å². The molecule has 0 saturated carbocycles. The monoisotopic (exact) mass is 358 g/mol. The van der Waals surface area contributed by atoms with E-state index >= 15 is 0 Å². The van der Waals surface area contributed by atoms with Crippen LogP contribution in [-0.2, 0) is 19.5 Å². The molecule has 1 atom stereocenters. The predicted octanol–water partition coefficient (Wildman–Crippen LogP) is 5.66. The zero-order valence-electron chi connectivity index (χ0n) is 16.8. The van der Waals surface area contributed by atoms with Gasteiger partial charge in [0.1, 0.15) is 0 Å². The summed E-state index contributed by atoms with van der Waals surface area (Å²) in [6, 6.07) is 20.7. The lowest BCUT2D eigenvalue weighted by atomic mass is 9.96. The molecule has 2 aromatic carbocycles. The second-order valence-corrected chi connectivity index (χ2v) is 7.82. The first-order valence-electron chi connectivity index (χ1n) is 10.2. The smallest absolute Gasteiger partial charge is 0.0759 e. The average Bonchev–Trinajstić information content (AvgIpc) is 3.06. The lowest BCUT2D eigenvalue weighted by Gasteiger charge is -2.31. The molecular formula is C25H30N2. The zero-order chi connectivity index (χ0) is 18.8. The highest BCUT2D eigenvalue weighted by Gasteiger charge is 2.27. The predicted molar refractivity (Wildman–Crippen MR) is 113 cm³/mol. The van der Waals surface area contributed by atoms with Crippen LogP contribution in [0.25, 0.3) is 0 Å². The second-order valence-electron chi connectivity index (χ2n) is 7.82. The summed E-state index contributed by atoms with van der Waals surface area (Å²) in [4.78, 5) is 2.68. The molecule has 0 bridgehead atoms. The summed E-state index contributed by atoms with van der Waals surface area (Å²) in [6.45, 7) is 9.92. The Morgan fingerprint density at radius 3 is 2.48 bits per heavy atom. The standard InChI is InChI=1S/C25H30N2/c1-4-21-9-5-6-10-23(21)18-27-16-8-15-26-14-7-11-24(26)25(27)22-13-12-19(2)20(3)17-22/h5-7,9-14,17,25H,4,8,15-16,18H2,1-3H3/t25-/m1/s1. The van der Waals surface area contributed by atoms with Crippen molar-refractivity contribution in [3.63, 3.8) is 0 Å². The zero-order valence-corrected chi connectivity index (χ0v) is 16.8. The molecule has 0 amide bonds. The lowest BCUT2D eigenvalue weighted by molar-refractivity contribution is 0.219. The molecule has 1 aliphatic heterocycles. The number of benzene rings is 2. The van der Waals surface area contributed by atoms with Gasteiger partial charge in [-0.15, -0.1) is 0 Å². The van der Waals surface area contributed by atoms with Gasteiger partial charge in [0, 0.05) is 31.5 Å². The summed E-state index contributed by atoms with van der Waals surface area (Å²) >= 11 is 0. The van der Waals surface area contributed by atoms with Gasteiger partial charge in [-0.1, -0.05) is 49.4 Å². The molecule has 140 valence electrons. The number of hydrogen-bond acceptors (Lipinski definition) is 1. The van der Waals surface area contributed by atoms with E-state index in [2.05, 4.69) is 91.0 Å². The number of fused-ring (bicyclic) bond motifs is 1. The van der Waals surface area contributed by atoms with Gasteiger partial charge in [-0.2, -0.15) is 0 Å². The maximum Gasteiger partial charge on any atom is 0.0759 e. The van der Waals surface area contributed by atoms with Crippen molar-refractivity contribution in [3.8, 4) is 0 Å². The van der Waals surface area contributed by atoms with E-state index < -0.39 is 0 Å². The van der Waals surface area contributed by atoms with Gasteiger partial charge in [-0.05, 0) is 66.6 Å².